The number of aliphatic carboxylic acids is 4. The van der Waals surface area contributed by atoms with Crippen molar-refractivity contribution in [3.63, 3.8) is 0 Å². The zero-order chi connectivity index (χ0) is 59.6. The molecule has 0 aliphatic heterocycles. The lowest BCUT2D eigenvalue weighted by atomic mass is 9.97. The molecule has 24 nitrogen and oxygen atoms in total. The van der Waals surface area contributed by atoms with Crippen molar-refractivity contribution < 1.29 is 93.5 Å². The standard InChI is InChI=1S/C56H97N5O19.H2/c1-42(43(2)62)21-19-20-30-57-48(64)23-18-17-22-46(55(73)74)60-51(67)28-26-44(54(71)72)39-45(63)40-79-37-35-78-34-32-59-52(68)41-80-38-36-77-33-31-58-49(65)29-27-47(56(75)76)61-50(66)24-15-13-11-9-7-5-3-4-6-8-10-12-14-16-25-53(69)70;/h42,44,46-47H,3-41H2,1-2H3,(H,57,64)(H,58,65)(H,59,68)(H,60,67)(H,61,66)(H,69,70)(H,71,72)(H,73,74)(H,75,76);1H/t42-,44+,46-,47-;/m0./s1. The predicted octanol–water partition coefficient (Wildman–Crippen LogP) is 5.29. The molecule has 0 saturated heterocycles. The van der Waals surface area contributed by atoms with E-state index in [1.54, 1.807) is 6.92 Å². The van der Waals surface area contributed by atoms with E-state index in [1.165, 1.54) is 32.1 Å². The number of rotatable bonds is 57. The number of Topliss-reactive ketones (excluding diaryl/α,β-unsaturated/α-hetero) is 2. The predicted molar refractivity (Wildman–Crippen MR) is 296 cm³/mol. The molecule has 0 heterocycles. The van der Waals surface area contributed by atoms with Crippen molar-refractivity contribution in [2.45, 2.75) is 206 Å². The fourth-order valence-electron chi connectivity index (χ4n) is 8.14. The normalized spacial score (nSPS) is 12.6. The van der Waals surface area contributed by atoms with E-state index in [0.717, 1.165) is 70.6 Å². The average Bonchev–Trinajstić information content (AvgIpc) is 3.40. The summed E-state index contributed by atoms with van der Waals surface area (Å²) in [6.07, 6.45) is 17.5. The van der Waals surface area contributed by atoms with Crippen molar-refractivity contribution in [2.75, 3.05) is 72.5 Å². The number of nitrogens with one attached hydrogen (secondary N) is 5. The third-order valence-corrected chi connectivity index (χ3v) is 13.1. The summed E-state index contributed by atoms with van der Waals surface area (Å²) >= 11 is 0. The Labute approximate surface area is 473 Å². The van der Waals surface area contributed by atoms with E-state index in [1.807, 2.05) is 6.92 Å². The molecule has 0 saturated carbocycles. The van der Waals surface area contributed by atoms with Crippen LogP contribution in [0, 0.1) is 11.8 Å². The van der Waals surface area contributed by atoms with Crippen LogP contribution in [0.2, 0.25) is 0 Å². The molecular formula is C56H99N5O19. The van der Waals surface area contributed by atoms with E-state index in [4.69, 9.17) is 24.1 Å². The minimum Gasteiger partial charge on any atom is -0.481 e. The number of carbonyl (C=O) groups excluding carboxylic acids is 7. The summed E-state index contributed by atoms with van der Waals surface area (Å²) in [5.74, 6) is -8.09. The van der Waals surface area contributed by atoms with Gasteiger partial charge in [-0.05, 0) is 58.3 Å². The zero-order valence-electron chi connectivity index (χ0n) is 47.8. The SMILES string of the molecule is CC(=O)[C@@H](C)CCCCNC(=O)CCCC[C@H](NC(=O)CC[C@H](CC(=O)COCCOCCNC(=O)COCCOCCNC(=O)CC[C@H](NC(=O)CCCCCCCCCCCCCCCCC(=O)O)C(=O)O)C(=O)O)C(=O)O.[HH]. The number of ether oxygens (including phenoxy) is 4. The first-order valence-corrected chi connectivity index (χ1v) is 28.9. The molecule has 24 heteroatoms. The fraction of sp³-hybridized carbons (Fsp3) is 0.804. The summed E-state index contributed by atoms with van der Waals surface area (Å²) < 4.78 is 21.3. The molecule has 0 aliphatic rings. The van der Waals surface area contributed by atoms with Gasteiger partial charge in [-0.15, -0.1) is 0 Å². The number of amides is 5. The van der Waals surface area contributed by atoms with Gasteiger partial charge in [0, 0.05) is 65.5 Å². The van der Waals surface area contributed by atoms with Crippen LogP contribution in [-0.2, 0) is 71.7 Å². The second-order valence-corrected chi connectivity index (χ2v) is 20.2. The van der Waals surface area contributed by atoms with Crippen molar-refractivity contribution in [1.82, 2.24) is 26.6 Å². The number of hydrogen-bond donors (Lipinski definition) is 9. The summed E-state index contributed by atoms with van der Waals surface area (Å²) in [6.45, 7) is 4.20. The van der Waals surface area contributed by atoms with Crippen molar-refractivity contribution in [2.24, 2.45) is 11.8 Å². The van der Waals surface area contributed by atoms with E-state index in [-0.39, 0.29) is 142 Å². The largest absolute Gasteiger partial charge is 0.481 e. The maximum Gasteiger partial charge on any atom is 0.326 e. The highest BCUT2D eigenvalue weighted by Crippen LogP contribution is 2.16. The zero-order valence-corrected chi connectivity index (χ0v) is 47.8. The van der Waals surface area contributed by atoms with Crippen LogP contribution < -0.4 is 26.6 Å². The maximum atomic E-state index is 12.5. The van der Waals surface area contributed by atoms with Crippen LogP contribution in [0.15, 0.2) is 0 Å². The van der Waals surface area contributed by atoms with Gasteiger partial charge in [-0.2, -0.15) is 0 Å². The Morgan fingerprint density at radius 2 is 0.800 bits per heavy atom. The summed E-state index contributed by atoms with van der Waals surface area (Å²) in [7, 11) is 0. The average molecular weight is 1150 g/mol. The maximum absolute atomic E-state index is 12.5. The molecule has 9 N–H and O–H groups in total. The van der Waals surface area contributed by atoms with Gasteiger partial charge in [0.2, 0.25) is 29.5 Å². The second kappa shape index (κ2) is 50.4. The molecule has 0 spiro atoms. The molecule has 5 amide bonds. The Bertz CT molecular complexity index is 1810. The number of ketones is 2. The first kappa shape index (κ1) is 74.4. The number of carboxylic acid groups (broad SMARTS) is 4. The summed E-state index contributed by atoms with van der Waals surface area (Å²) in [4.78, 5) is 131. The molecule has 0 aromatic rings. The van der Waals surface area contributed by atoms with E-state index >= 15 is 0 Å². The smallest absolute Gasteiger partial charge is 0.326 e. The van der Waals surface area contributed by atoms with Crippen molar-refractivity contribution >= 4 is 65.0 Å². The molecule has 0 unspecified atom stereocenters. The van der Waals surface area contributed by atoms with Crippen LogP contribution in [0.4, 0.5) is 0 Å². The third-order valence-electron chi connectivity index (χ3n) is 13.1. The second-order valence-electron chi connectivity index (χ2n) is 20.2. The monoisotopic (exact) mass is 1150 g/mol. The van der Waals surface area contributed by atoms with Gasteiger partial charge >= 0.3 is 23.9 Å². The topological polar surface area (TPSA) is 366 Å². The van der Waals surface area contributed by atoms with Crippen LogP contribution in [0.1, 0.15) is 195 Å². The van der Waals surface area contributed by atoms with Gasteiger partial charge in [-0.3, -0.25) is 43.2 Å². The van der Waals surface area contributed by atoms with Crippen molar-refractivity contribution in [3.05, 3.63) is 0 Å². The quantitative estimate of drug-likeness (QED) is 0.0349. The van der Waals surface area contributed by atoms with Crippen molar-refractivity contribution in [3.8, 4) is 0 Å². The van der Waals surface area contributed by atoms with Crippen molar-refractivity contribution in [1.29, 1.82) is 0 Å². The number of carbonyl (C=O) groups is 11. The van der Waals surface area contributed by atoms with E-state index in [0.29, 0.717) is 25.8 Å². The van der Waals surface area contributed by atoms with E-state index in [9.17, 15) is 68.1 Å². The molecule has 4 atom stereocenters. The molecule has 80 heavy (non-hydrogen) atoms. The van der Waals surface area contributed by atoms with Gasteiger partial charge in [0.1, 0.15) is 31.1 Å². The Hall–Kier alpha value is -5.59. The van der Waals surface area contributed by atoms with Crippen LogP contribution in [0.3, 0.4) is 0 Å². The van der Waals surface area contributed by atoms with Crippen LogP contribution >= 0.6 is 0 Å². The number of hydrogen-bond acceptors (Lipinski definition) is 15. The molecule has 0 bridgehead atoms. The minimum absolute atomic E-state index is 0. The van der Waals surface area contributed by atoms with Gasteiger partial charge in [0.05, 0.1) is 45.6 Å². The Morgan fingerprint density at radius 1 is 0.388 bits per heavy atom. The first-order valence-electron chi connectivity index (χ1n) is 28.9. The number of carboxylic acids is 4. The molecule has 0 rings (SSSR count). The van der Waals surface area contributed by atoms with E-state index < -0.39 is 72.5 Å². The summed E-state index contributed by atoms with van der Waals surface area (Å²) in [5.41, 5.74) is 0. The highest BCUT2D eigenvalue weighted by atomic mass is 16.5. The lowest BCUT2D eigenvalue weighted by Crippen LogP contribution is -2.41. The Kier molecular flexibility index (Phi) is 46.9. The molecule has 0 radical (unpaired) electrons. The minimum atomic E-state index is -1.29. The van der Waals surface area contributed by atoms with E-state index in [2.05, 4.69) is 26.6 Å². The molecular weight excluding hydrogens is 1050 g/mol. The lowest BCUT2D eigenvalue weighted by Gasteiger charge is -2.16. The highest BCUT2D eigenvalue weighted by molar-refractivity contribution is 5.87. The number of unbranched alkanes of at least 4 members (excludes halogenated alkanes) is 15. The highest BCUT2D eigenvalue weighted by Gasteiger charge is 2.25. The van der Waals surface area contributed by atoms with Crippen LogP contribution in [0.5, 0.6) is 0 Å². The molecule has 0 aromatic carbocycles. The van der Waals surface area contributed by atoms with Gasteiger partial charge in [0.15, 0.2) is 5.78 Å². The fourth-order valence-corrected chi connectivity index (χ4v) is 8.14. The Morgan fingerprint density at radius 3 is 1.32 bits per heavy atom. The van der Waals surface area contributed by atoms with Crippen LogP contribution in [-0.4, -0.2) is 170 Å². The molecule has 0 aliphatic carbocycles. The molecule has 0 aromatic heterocycles. The lowest BCUT2D eigenvalue weighted by molar-refractivity contribution is -0.145. The van der Waals surface area contributed by atoms with Gasteiger partial charge in [0.25, 0.3) is 0 Å². The molecule has 0 fully saturated rings. The summed E-state index contributed by atoms with van der Waals surface area (Å²) in [5, 5.41) is 50.3. The van der Waals surface area contributed by atoms with Gasteiger partial charge < -0.3 is 66.0 Å². The molecule has 462 valence electrons. The van der Waals surface area contributed by atoms with Gasteiger partial charge in [-0.1, -0.05) is 96.8 Å². The first-order chi connectivity index (χ1) is 38.3. The van der Waals surface area contributed by atoms with Crippen LogP contribution in [0.25, 0.3) is 0 Å². The summed E-state index contributed by atoms with van der Waals surface area (Å²) in [6, 6.07) is -2.40. The Balaban J connectivity index is 0. The third kappa shape index (κ3) is 47.2. The van der Waals surface area contributed by atoms with Gasteiger partial charge in [-0.25, -0.2) is 9.59 Å².